The van der Waals surface area contributed by atoms with Gasteiger partial charge in [-0.2, -0.15) is 4.31 Å². The zero-order valence-corrected chi connectivity index (χ0v) is 32.2. The van der Waals surface area contributed by atoms with Gasteiger partial charge >= 0.3 is 6.03 Å². The third-order valence-electron chi connectivity index (χ3n) is 10.2. The van der Waals surface area contributed by atoms with Crippen LogP contribution in [-0.4, -0.2) is 98.0 Å². The predicted octanol–water partition coefficient (Wildman–Crippen LogP) is 2.97. The van der Waals surface area contributed by atoms with Crippen molar-refractivity contribution in [3.63, 3.8) is 0 Å². The number of Topliss-reactive ketones (excluding diaryl/α,β-unsaturated/α-hetero) is 1. The third-order valence-corrected chi connectivity index (χ3v) is 13.4. The fraction of sp³-hybridized carbons (Fsp3) is 0.735. The number of carbonyl (C=O) groups excluding carboxylic acids is 5. The van der Waals surface area contributed by atoms with Gasteiger partial charge in [0.1, 0.15) is 16.3 Å². The lowest BCUT2D eigenvalue weighted by Crippen LogP contribution is -2.62. The van der Waals surface area contributed by atoms with Gasteiger partial charge in [-0.1, -0.05) is 74.3 Å². The summed E-state index contributed by atoms with van der Waals surface area (Å²) >= 11 is 1.12. The number of nitrogens with zero attached hydrogens (tertiary/aromatic N) is 2. The summed E-state index contributed by atoms with van der Waals surface area (Å²) < 4.78 is 27.7. The highest BCUT2D eigenvalue weighted by Crippen LogP contribution is 2.65. The van der Waals surface area contributed by atoms with Crippen LogP contribution in [-0.2, 0) is 29.2 Å². The van der Waals surface area contributed by atoms with Gasteiger partial charge in [0.2, 0.25) is 17.6 Å². The number of hydrogen-bond acceptors (Lipinski definition) is 8. The molecule has 0 aromatic carbocycles. The molecular formula is C34H56N6O7S2. The molecule has 2 aliphatic rings. The maximum atomic E-state index is 14.4. The lowest BCUT2D eigenvalue weighted by atomic mass is 9.85. The second-order valence-corrected chi connectivity index (χ2v) is 18.3. The van der Waals surface area contributed by atoms with E-state index in [0.717, 1.165) is 11.3 Å². The van der Waals surface area contributed by atoms with Crippen molar-refractivity contribution in [2.45, 2.75) is 110 Å². The molecule has 4 N–H and O–H groups in total. The first kappa shape index (κ1) is 40.4. The molecule has 7 atom stereocenters. The molecule has 49 heavy (non-hydrogen) atoms. The third kappa shape index (κ3) is 9.01. The summed E-state index contributed by atoms with van der Waals surface area (Å²) in [5.74, 6) is -2.59. The van der Waals surface area contributed by atoms with Crippen molar-refractivity contribution in [2.75, 3.05) is 26.7 Å². The number of fused-ring (bicyclic) bond motifs is 1. The predicted molar refractivity (Wildman–Crippen MR) is 189 cm³/mol. The molecule has 1 aromatic heterocycles. The van der Waals surface area contributed by atoms with Crippen molar-refractivity contribution in [3.8, 4) is 0 Å². The Balaban J connectivity index is 1.82. The minimum Gasteiger partial charge on any atom is -0.350 e. The number of ketones is 1. The van der Waals surface area contributed by atoms with Crippen molar-refractivity contribution in [3.05, 3.63) is 17.5 Å². The molecule has 0 bridgehead atoms. The standard InChI is InChI=1S/C34H56N6O7S2/c1-11-15-22(27(41)30(43)35-13-3)36-29(42)26-25-21(34(25,8)9)18-40(26)31(44)28(33(5,6)7)38-32(45)37-23(20(4)12-2)19-39(10)49(46,47)24-16-14-17-48-24/h14,16-17,20-23,25-26,28H,11-13,15,18-19H2,1-10H3,(H,35,43)(H,36,42)(H2,37,38,45)/t20-,21-,22?,23+,25-,26-,28+/m0/s1. The number of rotatable bonds is 16. The Kier molecular flexibility index (Phi) is 13.1. The highest BCUT2D eigenvalue weighted by molar-refractivity contribution is 7.91. The van der Waals surface area contributed by atoms with E-state index in [4.69, 9.17) is 0 Å². The minimum atomic E-state index is -3.75. The SMILES string of the molecule is CCCC(NC(=O)[C@@H]1[C@@H]2[C@H](CN1C(=O)[C@@H](NC(=O)N[C@H](CN(C)S(=O)(=O)c1cccs1)[C@@H](C)CC)C(C)(C)C)C2(C)C)C(=O)C(=O)NCC. The first-order valence-corrected chi connectivity index (χ1v) is 19.6. The number of nitrogens with one attached hydrogen (secondary N) is 4. The lowest BCUT2D eigenvalue weighted by Gasteiger charge is -2.38. The largest absolute Gasteiger partial charge is 0.350 e. The Hall–Kier alpha value is -3.04. The van der Waals surface area contributed by atoms with Gasteiger partial charge < -0.3 is 26.2 Å². The van der Waals surface area contributed by atoms with Crippen LogP contribution in [0.1, 0.15) is 81.6 Å². The van der Waals surface area contributed by atoms with Crippen LogP contribution in [0.5, 0.6) is 0 Å². The highest BCUT2D eigenvalue weighted by atomic mass is 32.2. The summed E-state index contributed by atoms with van der Waals surface area (Å²) in [5, 5.41) is 12.8. The molecule has 3 rings (SSSR count). The average molecular weight is 725 g/mol. The van der Waals surface area contributed by atoms with Crippen molar-refractivity contribution in [1.82, 2.24) is 30.5 Å². The molecule has 1 saturated heterocycles. The lowest BCUT2D eigenvalue weighted by molar-refractivity contribution is -0.145. The molecule has 5 amide bonds. The summed E-state index contributed by atoms with van der Waals surface area (Å²) in [4.78, 5) is 68.7. The van der Waals surface area contributed by atoms with Crippen molar-refractivity contribution in [1.29, 1.82) is 0 Å². The van der Waals surface area contributed by atoms with Crippen molar-refractivity contribution >= 4 is 50.9 Å². The quantitative estimate of drug-likeness (QED) is 0.190. The Morgan fingerprint density at radius 2 is 1.73 bits per heavy atom. The van der Waals surface area contributed by atoms with Gasteiger partial charge in [-0.25, -0.2) is 13.2 Å². The zero-order chi connectivity index (χ0) is 37.1. The van der Waals surface area contributed by atoms with Gasteiger partial charge in [0.15, 0.2) is 0 Å². The molecule has 1 aromatic rings. The highest BCUT2D eigenvalue weighted by Gasteiger charge is 2.70. The van der Waals surface area contributed by atoms with Gasteiger partial charge in [-0.05, 0) is 53.4 Å². The average Bonchev–Trinajstić information content (AvgIpc) is 3.48. The molecule has 2 heterocycles. The molecule has 276 valence electrons. The van der Waals surface area contributed by atoms with Crippen molar-refractivity contribution < 1.29 is 32.4 Å². The van der Waals surface area contributed by atoms with Crippen molar-refractivity contribution in [2.24, 2.45) is 28.6 Å². The van der Waals surface area contributed by atoms with E-state index in [0.29, 0.717) is 19.4 Å². The van der Waals surface area contributed by atoms with Crippen LogP contribution in [0, 0.1) is 28.6 Å². The second kappa shape index (κ2) is 15.9. The van der Waals surface area contributed by atoms with Crippen LogP contribution in [0.15, 0.2) is 21.7 Å². The van der Waals surface area contributed by atoms with E-state index in [1.165, 1.54) is 22.3 Å². The van der Waals surface area contributed by atoms with Gasteiger partial charge in [0, 0.05) is 32.7 Å². The number of likely N-dealkylation sites (N-methyl/N-ethyl adjacent to an activating group) is 2. The summed E-state index contributed by atoms with van der Waals surface area (Å²) in [6, 6.07) is -0.913. The monoisotopic (exact) mass is 724 g/mol. The molecule has 15 heteroatoms. The van der Waals surface area contributed by atoms with Crippen LogP contribution in [0.2, 0.25) is 0 Å². The Morgan fingerprint density at radius 1 is 1.08 bits per heavy atom. The maximum absolute atomic E-state index is 14.4. The molecular weight excluding hydrogens is 669 g/mol. The van der Waals surface area contributed by atoms with E-state index in [1.54, 1.807) is 18.4 Å². The number of amides is 5. The van der Waals surface area contributed by atoms with E-state index in [2.05, 4.69) is 21.3 Å². The number of urea groups is 1. The topological polar surface area (TPSA) is 174 Å². The van der Waals surface area contributed by atoms with Crippen LogP contribution in [0.4, 0.5) is 4.79 Å². The molecule has 2 fully saturated rings. The maximum Gasteiger partial charge on any atom is 0.315 e. The number of thiophene rings is 1. The van der Waals surface area contributed by atoms with Gasteiger partial charge in [-0.15, -0.1) is 11.3 Å². The number of hydrogen-bond donors (Lipinski definition) is 4. The van der Waals surface area contributed by atoms with Crippen LogP contribution in [0.25, 0.3) is 0 Å². The van der Waals surface area contributed by atoms with E-state index in [-0.39, 0.29) is 46.9 Å². The number of sulfonamides is 1. The molecule has 1 unspecified atom stereocenters. The summed E-state index contributed by atoms with van der Waals surface area (Å²) in [5.41, 5.74) is -0.967. The fourth-order valence-corrected chi connectivity index (χ4v) is 9.18. The molecule has 1 aliphatic heterocycles. The fourth-order valence-electron chi connectivity index (χ4n) is 6.78. The Bertz CT molecular complexity index is 1470. The van der Waals surface area contributed by atoms with E-state index >= 15 is 0 Å². The zero-order valence-electron chi connectivity index (χ0n) is 30.6. The molecule has 1 saturated carbocycles. The number of piperidine rings is 1. The normalized spacial score (nSPS) is 22.3. The van der Waals surface area contributed by atoms with Gasteiger partial charge in [0.25, 0.3) is 15.9 Å². The Morgan fingerprint density at radius 3 is 2.27 bits per heavy atom. The smallest absolute Gasteiger partial charge is 0.315 e. The molecule has 0 radical (unpaired) electrons. The second-order valence-electron chi connectivity index (χ2n) is 15.1. The van der Waals surface area contributed by atoms with E-state index in [9.17, 15) is 32.4 Å². The van der Waals surface area contributed by atoms with Crippen LogP contribution < -0.4 is 21.3 Å². The Labute approximate surface area is 295 Å². The molecule has 0 spiro atoms. The first-order valence-electron chi connectivity index (χ1n) is 17.2. The summed E-state index contributed by atoms with van der Waals surface area (Å²) in [6.07, 6.45) is 1.50. The molecule has 13 nitrogen and oxygen atoms in total. The van der Waals surface area contributed by atoms with Crippen LogP contribution >= 0.6 is 11.3 Å². The summed E-state index contributed by atoms with van der Waals surface area (Å²) in [6.45, 7) is 17.6. The number of likely N-dealkylation sites (tertiary alicyclic amines) is 1. The van der Waals surface area contributed by atoms with E-state index < -0.39 is 69.1 Å². The van der Waals surface area contributed by atoms with Crippen LogP contribution in [0.3, 0.4) is 0 Å². The van der Waals surface area contributed by atoms with E-state index in [1.807, 2.05) is 55.4 Å². The van der Waals surface area contributed by atoms with Gasteiger partial charge in [-0.3, -0.25) is 19.2 Å². The number of carbonyl (C=O) groups is 5. The first-order chi connectivity index (χ1) is 22.7. The minimum absolute atomic E-state index is 0.0253. The van der Waals surface area contributed by atoms with Gasteiger partial charge in [0.05, 0.1) is 6.04 Å². The summed E-state index contributed by atoms with van der Waals surface area (Å²) in [7, 11) is -2.27. The molecule has 1 aliphatic carbocycles.